The molecule has 0 saturated carbocycles. The van der Waals surface area contributed by atoms with Gasteiger partial charge in [-0.25, -0.2) is 14.4 Å². The molecule has 0 bridgehead atoms. The van der Waals surface area contributed by atoms with E-state index in [0.29, 0.717) is 17.2 Å². The molecule has 6 heteroatoms. The lowest BCUT2D eigenvalue weighted by molar-refractivity contribution is 0.462. The maximum atomic E-state index is 13.6. The SMILES string of the molecule is NCc1ccc(Oc2ncnc3sccc23)cc1F. The van der Waals surface area contributed by atoms with E-state index in [1.54, 1.807) is 12.1 Å². The molecule has 0 radical (unpaired) electrons. The van der Waals surface area contributed by atoms with Crippen molar-refractivity contribution in [2.45, 2.75) is 6.54 Å². The highest BCUT2D eigenvalue weighted by Gasteiger charge is 2.08. The summed E-state index contributed by atoms with van der Waals surface area (Å²) in [5.41, 5.74) is 5.87. The summed E-state index contributed by atoms with van der Waals surface area (Å²) in [5.74, 6) is 0.433. The first-order chi connectivity index (χ1) is 9.28. The molecule has 2 N–H and O–H groups in total. The van der Waals surface area contributed by atoms with Crippen LogP contribution in [0.15, 0.2) is 36.0 Å². The van der Waals surface area contributed by atoms with E-state index < -0.39 is 0 Å². The Balaban J connectivity index is 1.97. The molecule has 1 aromatic carbocycles. The number of aromatic nitrogens is 2. The van der Waals surface area contributed by atoms with E-state index in [0.717, 1.165) is 10.2 Å². The summed E-state index contributed by atoms with van der Waals surface area (Å²) >= 11 is 1.50. The molecule has 3 rings (SSSR count). The van der Waals surface area contributed by atoms with Crippen LogP contribution in [0, 0.1) is 5.82 Å². The van der Waals surface area contributed by atoms with Crippen LogP contribution in [-0.2, 0) is 6.54 Å². The monoisotopic (exact) mass is 275 g/mol. The van der Waals surface area contributed by atoms with E-state index in [2.05, 4.69) is 9.97 Å². The minimum absolute atomic E-state index is 0.161. The average Bonchev–Trinajstić information content (AvgIpc) is 2.88. The third-order valence-corrected chi connectivity index (χ3v) is 3.50. The number of hydrogen-bond acceptors (Lipinski definition) is 5. The minimum Gasteiger partial charge on any atom is -0.438 e. The van der Waals surface area contributed by atoms with Crippen LogP contribution in [0.3, 0.4) is 0 Å². The molecule has 0 fully saturated rings. The second kappa shape index (κ2) is 4.91. The lowest BCUT2D eigenvalue weighted by Crippen LogP contribution is -1.99. The molecule has 0 aliphatic heterocycles. The van der Waals surface area contributed by atoms with Crippen molar-refractivity contribution >= 4 is 21.6 Å². The highest BCUT2D eigenvalue weighted by molar-refractivity contribution is 7.16. The van der Waals surface area contributed by atoms with E-state index in [-0.39, 0.29) is 12.4 Å². The van der Waals surface area contributed by atoms with Crippen molar-refractivity contribution < 1.29 is 9.13 Å². The predicted octanol–water partition coefficient (Wildman–Crippen LogP) is 3.08. The van der Waals surface area contributed by atoms with Gasteiger partial charge in [-0.1, -0.05) is 6.07 Å². The summed E-state index contributed by atoms with van der Waals surface area (Å²) < 4.78 is 19.2. The summed E-state index contributed by atoms with van der Waals surface area (Å²) in [5, 5.41) is 2.72. The van der Waals surface area contributed by atoms with Crippen LogP contribution in [0.4, 0.5) is 4.39 Å². The Labute approximate surface area is 112 Å². The van der Waals surface area contributed by atoms with Crippen LogP contribution in [0.1, 0.15) is 5.56 Å². The highest BCUT2D eigenvalue weighted by atomic mass is 32.1. The van der Waals surface area contributed by atoms with Crippen LogP contribution >= 0.6 is 11.3 Å². The van der Waals surface area contributed by atoms with Gasteiger partial charge in [0.2, 0.25) is 5.88 Å². The zero-order valence-corrected chi connectivity index (χ0v) is 10.7. The first-order valence-electron chi connectivity index (χ1n) is 5.62. The Morgan fingerprint density at radius 1 is 1.26 bits per heavy atom. The van der Waals surface area contributed by atoms with Crippen molar-refractivity contribution in [2.75, 3.05) is 0 Å². The van der Waals surface area contributed by atoms with E-state index >= 15 is 0 Å². The van der Waals surface area contributed by atoms with Crippen LogP contribution in [-0.4, -0.2) is 9.97 Å². The van der Waals surface area contributed by atoms with Gasteiger partial charge in [0.25, 0.3) is 0 Å². The first kappa shape index (κ1) is 12.0. The number of hydrogen-bond donors (Lipinski definition) is 1. The summed E-state index contributed by atoms with van der Waals surface area (Å²) in [4.78, 5) is 9.04. The quantitative estimate of drug-likeness (QED) is 0.798. The fourth-order valence-corrected chi connectivity index (χ4v) is 2.44. The number of ether oxygens (including phenoxy) is 1. The fourth-order valence-electron chi connectivity index (χ4n) is 1.72. The van der Waals surface area contributed by atoms with Gasteiger partial charge in [0.15, 0.2) is 0 Å². The highest BCUT2D eigenvalue weighted by Crippen LogP contribution is 2.29. The molecule has 0 amide bonds. The van der Waals surface area contributed by atoms with Gasteiger partial charge >= 0.3 is 0 Å². The molecule has 0 unspecified atom stereocenters. The average molecular weight is 275 g/mol. The van der Waals surface area contributed by atoms with Gasteiger partial charge in [-0.2, -0.15) is 0 Å². The summed E-state index contributed by atoms with van der Waals surface area (Å²) in [6.45, 7) is 0.161. The molecule has 4 nitrogen and oxygen atoms in total. The van der Waals surface area contributed by atoms with Crippen molar-refractivity contribution in [3.8, 4) is 11.6 Å². The Kier molecular flexibility index (Phi) is 3.10. The Hall–Kier alpha value is -2.05. The molecule has 0 aliphatic rings. The third kappa shape index (κ3) is 2.27. The number of halogens is 1. The second-order valence-electron chi connectivity index (χ2n) is 3.88. The number of benzene rings is 1. The predicted molar refractivity (Wildman–Crippen MR) is 71.8 cm³/mol. The van der Waals surface area contributed by atoms with E-state index in [1.807, 2.05) is 11.4 Å². The van der Waals surface area contributed by atoms with Crippen LogP contribution in [0.25, 0.3) is 10.2 Å². The third-order valence-electron chi connectivity index (χ3n) is 2.68. The lowest BCUT2D eigenvalue weighted by atomic mass is 10.2. The number of thiophene rings is 1. The van der Waals surface area contributed by atoms with Gasteiger partial charge in [-0.3, -0.25) is 0 Å². The van der Waals surface area contributed by atoms with Crippen molar-refractivity contribution in [1.82, 2.24) is 9.97 Å². The second-order valence-corrected chi connectivity index (χ2v) is 4.77. The van der Waals surface area contributed by atoms with Gasteiger partial charge in [-0.05, 0) is 17.5 Å². The number of fused-ring (bicyclic) bond motifs is 1. The van der Waals surface area contributed by atoms with E-state index in [4.69, 9.17) is 10.5 Å². The fraction of sp³-hybridized carbons (Fsp3) is 0.0769. The van der Waals surface area contributed by atoms with Crippen molar-refractivity contribution in [3.05, 3.63) is 47.4 Å². The Morgan fingerprint density at radius 2 is 2.16 bits per heavy atom. The van der Waals surface area contributed by atoms with Gasteiger partial charge in [0, 0.05) is 18.2 Å². The molecule has 3 aromatic rings. The van der Waals surface area contributed by atoms with Gasteiger partial charge in [0.1, 0.15) is 22.7 Å². The number of nitrogens with two attached hydrogens (primary N) is 1. The molecular weight excluding hydrogens is 265 g/mol. The molecule has 19 heavy (non-hydrogen) atoms. The summed E-state index contributed by atoms with van der Waals surface area (Å²) in [6, 6.07) is 6.46. The maximum absolute atomic E-state index is 13.6. The topological polar surface area (TPSA) is 61.0 Å². The largest absolute Gasteiger partial charge is 0.438 e. The minimum atomic E-state index is -0.379. The van der Waals surface area contributed by atoms with Gasteiger partial charge < -0.3 is 10.5 Å². The zero-order valence-electron chi connectivity index (χ0n) is 9.84. The normalized spacial score (nSPS) is 10.8. The molecule has 0 aliphatic carbocycles. The smallest absolute Gasteiger partial charge is 0.231 e. The van der Waals surface area contributed by atoms with Crippen molar-refractivity contribution in [2.24, 2.45) is 5.73 Å². The van der Waals surface area contributed by atoms with Crippen LogP contribution in [0.5, 0.6) is 11.6 Å². The number of rotatable bonds is 3. The molecule has 2 heterocycles. The zero-order chi connectivity index (χ0) is 13.2. The Bertz CT molecular complexity index is 729. The molecule has 0 saturated heterocycles. The molecule has 2 aromatic heterocycles. The van der Waals surface area contributed by atoms with Crippen molar-refractivity contribution in [3.63, 3.8) is 0 Å². The maximum Gasteiger partial charge on any atom is 0.231 e. The van der Waals surface area contributed by atoms with Crippen LogP contribution < -0.4 is 10.5 Å². The van der Waals surface area contributed by atoms with E-state index in [9.17, 15) is 4.39 Å². The van der Waals surface area contributed by atoms with E-state index in [1.165, 1.54) is 23.7 Å². The van der Waals surface area contributed by atoms with Gasteiger partial charge in [-0.15, -0.1) is 11.3 Å². The molecule has 0 spiro atoms. The summed E-state index contributed by atoms with van der Waals surface area (Å²) in [6.07, 6.45) is 1.43. The first-order valence-corrected chi connectivity index (χ1v) is 6.50. The Morgan fingerprint density at radius 3 is 2.95 bits per heavy atom. The molecular formula is C13H10FN3OS. The lowest BCUT2D eigenvalue weighted by Gasteiger charge is -2.07. The summed E-state index contributed by atoms with van der Waals surface area (Å²) in [7, 11) is 0. The molecule has 96 valence electrons. The van der Waals surface area contributed by atoms with Crippen molar-refractivity contribution in [1.29, 1.82) is 0 Å². The van der Waals surface area contributed by atoms with Crippen LogP contribution in [0.2, 0.25) is 0 Å². The number of nitrogens with zero attached hydrogens (tertiary/aromatic N) is 2. The molecule has 0 atom stereocenters. The van der Waals surface area contributed by atoms with Gasteiger partial charge in [0.05, 0.1) is 5.39 Å². The standard InChI is InChI=1S/C13H10FN3OS/c14-11-5-9(2-1-8(11)6-15)18-12-10-3-4-19-13(10)17-7-16-12/h1-5,7H,6,15H2.